The summed E-state index contributed by atoms with van der Waals surface area (Å²) in [6.45, 7) is 12.1. The molecule has 2 saturated carbocycles. The standard InChI is InChI=1S/C27H44O/c1-18(2)9-8-10-19(3)22-14-15-23-21-13-12-20-11-6-7-16-26(20,4)25(21)24(28)17-27(22,23)5/h18-20,22-23H,6-17H2,1-5H3. The monoisotopic (exact) mass is 384 g/mol. The SMILES string of the molecule is CC(C)CCCC(C)C1CCC2C3=C(C(=O)CC21C)C1(C)CCCCC1CC3. The first-order valence-electron chi connectivity index (χ1n) is 12.5. The Morgan fingerprint density at radius 2 is 1.79 bits per heavy atom. The Morgan fingerprint density at radius 3 is 2.54 bits per heavy atom. The number of fused-ring (bicyclic) bond motifs is 4. The number of hydrogen-bond acceptors (Lipinski definition) is 1. The van der Waals surface area contributed by atoms with Crippen LogP contribution in [0.4, 0.5) is 0 Å². The van der Waals surface area contributed by atoms with Gasteiger partial charge in [-0.2, -0.15) is 0 Å². The molecule has 2 fully saturated rings. The molecule has 1 nitrogen and oxygen atoms in total. The number of ketones is 1. The van der Waals surface area contributed by atoms with Crippen molar-refractivity contribution in [3.8, 4) is 0 Å². The van der Waals surface area contributed by atoms with Crippen LogP contribution in [0.2, 0.25) is 0 Å². The van der Waals surface area contributed by atoms with Gasteiger partial charge in [-0.05, 0) is 78.9 Å². The fraction of sp³-hybridized carbons (Fsp3) is 0.889. The van der Waals surface area contributed by atoms with Gasteiger partial charge < -0.3 is 0 Å². The van der Waals surface area contributed by atoms with Gasteiger partial charge in [0.05, 0.1) is 0 Å². The second-order valence-corrected chi connectivity index (χ2v) is 11.9. The fourth-order valence-electron chi connectivity index (χ4n) is 8.37. The van der Waals surface area contributed by atoms with E-state index in [-0.39, 0.29) is 10.8 Å². The third-order valence-electron chi connectivity index (χ3n) is 9.83. The van der Waals surface area contributed by atoms with Gasteiger partial charge in [0.15, 0.2) is 5.78 Å². The molecule has 0 aromatic heterocycles. The second-order valence-electron chi connectivity index (χ2n) is 11.9. The van der Waals surface area contributed by atoms with Crippen LogP contribution in [-0.4, -0.2) is 5.78 Å². The number of carbonyl (C=O) groups excluding carboxylic acids is 1. The molecule has 4 aliphatic rings. The minimum absolute atomic E-state index is 0.214. The van der Waals surface area contributed by atoms with Crippen LogP contribution in [0, 0.1) is 40.4 Å². The lowest BCUT2D eigenvalue weighted by atomic mass is 9.50. The Morgan fingerprint density at radius 1 is 1.00 bits per heavy atom. The van der Waals surface area contributed by atoms with Crippen molar-refractivity contribution in [3.05, 3.63) is 11.1 Å². The average molecular weight is 385 g/mol. The zero-order chi connectivity index (χ0) is 20.1. The van der Waals surface area contributed by atoms with Crippen LogP contribution < -0.4 is 0 Å². The molecule has 0 aromatic rings. The highest BCUT2D eigenvalue weighted by Crippen LogP contribution is 2.65. The molecule has 158 valence electrons. The third kappa shape index (κ3) is 3.24. The van der Waals surface area contributed by atoms with Crippen molar-refractivity contribution < 1.29 is 4.79 Å². The first kappa shape index (κ1) is 20.7. The number of hydrogen-bond donors (Lipinski definition) is 0. The smallest absolute Gasteiger partial charge is 0.159 e. The van der Waals surface area contributed by atoms with Crippen LogP contribution in [0.15, 0.2) is 11.1 Å². The van der Waals surface area contributed by atoms with Crippen LogP contribution in [0.1, 0.15) is 112 Å². The van der Waals surface area contributed by atoms with Gasteiger partial charge in [0.1, 0.15) is 0 Å². The Hall–Kier alpha value is -0.590. The number of Topliss-reactive ketones (excluding diaryl/α,β-unsaturated/α-hetero) is 1. The molecule has 0 saturated heterocycles. The van der Waals surface area contributed by atoms with Gasteiger partial charge in [0.25, 0.3) is 0 Å². The topological polar surface area (TPSA) is 17.1 Å². The molecule has 0 radical (unpaired) electrons. The molecule has 0 aliphatic heterocycles. The van der Waals surface area contributed by atoms with Gasteiger partial charge in [0.2, 0.25) is 0 Å². The van der Waals surface area contributed by atoms with E-state index in [1.807, 2.05) is 0 Å². The van der Waals surface area contributed by atoms with E-state index >= 15 is 0 Å². The van der Waals surface area contributed by atoms with E-state index in [2.05, 4.69) is 34.6 Å². The molecular formula is C27H44O. The van der Waals surface area contributed by atoms with Crippen molar-refractivity contribution in [2.75, 3.05) is 0 Å². The minimum atomic E-state index is 0.214. The third-order valence-corrected chi connectivity index (χ3v) is 9.83. The zero-order valence-electron chi connectivity index (χ0n) is 19.3. The highest BCUT2D eigenvalue weighted by atomic mass is 16.1. The van der Waals surface area contributed by atoms with Crippen molar-refractivity contribution in [1.82, 2.24) is 0 Å². The Bertz CT molecular complexity index is 643. The summed E-state index contributed by atoms with van der Waals surface area (Å²) >= 11 is 0. The van der Waals surface area contributed by atoms with E-state index in [4.69, 9.17) is 0 Å². The van der Waals surface area contributed by atoms with Crippen LogP contribution in [0.5, 0.6) is 0 Å². The molecule has 6 atom stereocenters. The lowest BCUT2D eigenvalue weighted by molar-refractivity contribution is -0.122. The first-order chi connectivity index (χ1) is 13.3. The molecule has 6 unspecified atom stereocenters. The molecule has 0 aromatic carbocycles. The van der Waals surface area contributed by atoms with Gasteiger partial charge >= 0.3 is 0 Å². The highest BCUT2D eigenvalue weighted by molar-refractivity contribution is 5.99. The van der Waals surface area contributed by atoms with Crippen molar-refractivity contribution in [2.24, 2.45) is 40.4 Å². The maximum Gasteiger partial charge on any atom is 0.159 e. The fourth-order valence-corrected chi connectivity index (χ4v) is 8.37. The Labute approximate surface area is 174 Å². The van der Waals surface area contributed by atoms with Gasteiger partial charge in [-0.3, -0.25) is 4.79 Å². The van der Waals surface area contributed by atoms with Crippen LogP contribution >= 0.6 is 0 Å². The number of carbonyl (C=O) groups is 1. The lowest BCUT2D eigenvalue weighted by Crippen LogP contribution is -2.47. The second kappa shape index (κ2) is 7.59. The first-order valence-corrected chi connectivity index (χ1v) is 12.5. The lowest BCUT2D eigenvalue weighted by Gasteiger charge is -2.53. The molecule has 0 heterocycles. The maximum atomic E-state index is 13.7. The molecular weight excluding hydrogens is 340 g/mol. The summed E-state index contributed by atoms with van der Waals surface area (Å²) in [5.74, 6) is 4.38. The highest BCUT2D eigenvalue weighted by Gasteiger charge is 2.57. The van der Waals surface area contributed by atoms with Gasteiger partial charge in [-0.25, -0.2) is 0 Å². The number of rotatable bonds is 5. The largest absolute Gasteiger partial charge is 0.295 e. The van der Waals surface area contributed by atoms with Crippen molar-refractivity contribution in [3.63, 3.8) is 0 Å². The minimum Gasteiger partial charge on any atom is -0.295 e. The van der Waals surface area contributed by atoms with E-state index in [0.29, 0.717) is 11.7 Å². The van der Waals surface area contributed by atoms with Gasteiger partial charge in [-0.1, -0.05) is 72.3 Å². The molecule has 4 aliphatic carbocycles. The summed E-state index contributed by atoms with van der Waals surface area (Å²) in [5, 5.41) is 0. The van der Waals surface area contributed by atoms with Crippen LogP contribution in [-0.2, 0) is 4.79 Å². The van der Waals surface area contributed by atoms with Gasteiger partial charge in [0, 0.05) is 12.0 Å². The van der Waals surface area contributed by atoms with E-state index in [1.165, 1.54) is 76.2 Å². The molecule has 0 spiro atoms. The normalized spacial score (nSPS) is 41.6. The van der Waals surface area contributed by atoms with E-state index < -0.39 is 0 Å². The molecule has 0 N–H and O–H groups in total. The summed E-state index contributed by atoms with van der Waals surface area (Å²) in [6.07, 6.45) is 15.5. The van der Waals surface area contributed by atoms with Crippen LogP contribution in [0.3, 0.4) is 0 Å². The van der Waals surface area contributed by atoms with Crippen LogP contribution in [0.25, 0.3) is 0 Å². The maximum absolute atomic E-state index is 13.7. The molecule has 1 heteroatoms. The predicted octanol–water partition coefficient (Wildman–Crippen LogP) is 7.74. The van der Waals surface area contributed by atoms with Crippen molar-refractivity contribution in [2.45, 2.75) is 112 Å². The summed E-state index contributed by atoms with van der Waals surface area (Å²) in [4.78, 5) is 13.7. The number of allylic oxidation sites excluding steroid dienone is 2. The Balaban J connectivity index is 1.59. The predicted molar refractivity (Wildman–Crippen MR) is 118 cm³/mol. The molecule has 0 bridgehead atoms. The summed E-state index contributed by atoms with van der Waals surface area (Å²) in [6, 6.07) is 0. The van der Waals surface area contributed by atoms with Gasteiger partial charge in [-0.15, -0.1) is 0 Å². The van der Waals surface area contributed by atoms with E-state index in [0.717, 1.165) is 30.1 Å². The zero-order valence-corrected chi connectivity index (χ0v) is 19.3. The van der Waals surface area contributed by atoms with E-state index in [1.54, 1.807) is 5.57 Å². The van der Waals surface area contributed by atoms with Crippen molar-refractivity contribution >= 4 is 5.78 Å². The molecule has 0 amide bonds. The quantitative estimate of drug-likeness (QED) is 0.473. The van der Waals surface area contributed by atoms with Crippen molar-refractivity contribution in [1.29, 1.82) is 0 Å². The summed E-state index contributed by atoms with van der Waals surface area (Å²) in [5.41, 5.74) is 3.46. The Kier molecular flexibility index (Phi) is 5.60. The molecule has 4 rings (SSSR count). The van der Waals surface area contributed by atoms with E-state index in [9.17, 15) is 4.79 Å². The molecule has 28 heavy (non-hydrogen) atoms. The summed E-state index contributed by atoms with van der Waals surface area (Å²) < 4.78 is 0. The summed E-state index contributed by atoms with van der Waals surface area (Å²) in [7, 11) is 0. The average Bonchev–Trinajstić information content (AvgIpc) is 2.97.